The first-order valence-electron chi connectivity index (χ1n) is 6.32. The lowest BCUT2D eigenvalue weighted by molar-refractivity contribution is 0.492. The van der Waals surface area contributed by atoms with E-state index < -0.39 is 0 Å². The van der Waals surface area contributed by atoms with Gasteiger partial charge in [-0.3, -0.25) is 4.98 Å². The average molecular weight is 251 g/mol. The smallest absolute Gasteiger partial charge is 0.0401 e. The van der Waals surface area contributed by atoms with Crippen molar-refractivity contribution in [2.24, 2.45) is 0 Å². The van der Waals surface area contributed by atoms with Gasteiger partial charge in [0.05, 0.1) is 0 Å². The zero-order chi connectivity index (χ0) is 11.9. The fraction of sp³-hybridized carbons (Fsp3) is 0.615. The fourth-order valence-electron chi connectivity index (χ4n) is 2.05. The molecular weight excluding hydrogens is 230 g/mol. The van der Waals surface area contributed by atoms with Gasteiger partial charge in [0.1, 0.15) is 0 Å². The molecule has 1 aromatic heterocycles. The lowest BCUT2D eigenvalue weighted by atomic mass is 10.1. The number of thioether (sulfide) groups is 1. The maximum atomic E-state index is 4.09. The van der Waals surface area contributed by atoms with Gasteiger partial charge < -0.3 is 10.6 Å². The predicted molar refractivity (Wildman–Crippen MR) is 75.8 cm³/mol. The highest BCUT2D eigenvalue weighted by Gasteiger charge is 2.11. The molecule has 1 aliphatic rings. The van der Waals surface area contributed by atoms with E-state index in [1.54, 1.807) is 0 Å². The van der Waals surface area contributed by atoms with Crippen molar-refractivity contribution in [1.29, 1.82) is 0 Å². The molecular formula is C13H21N3S. The zero-order valence-electron chi connectivity index (χ0n) is 10.4. The fourth-order valence-corrected chi connectivity index (χ4v) is 3.15. The van der Waals surface area contributed by atoms with Crippen molar-refractivity contribution in [3.63, 3.8) is 0 Å². The predicted octanol–water partition coefficient (Wildman–Crippen LogP) is 2.29. The third kappa shape index (κ3) is 4.21. The molecule has 1 fully saturated rings. The molecule has 2 heterocycles. The summed E-state index contributed by atoms with van der Waals surface area (Å²) in [6.07, 6.45) is 6.37. The SMILES string of the molecule is Cc1cnccc1NCCNC1CCSCC1. The first kappa shape index (κ1) is 12.7. The van der Waals surface area contributed by atoms with Crippen LogP contribution in [0.3, 0.4) is 0 Å². The Labute approximate surface area is 108 Å². The maximum Gasteiger partial charge on any atom is 0.0401 e. The molecule has 0 aliphatic carbocycles. The van der Waals surface area contributed by atoms with Crippen molar-refractivity contribution in [1.82, 2.24) is 10.3 Å². The monoisotopic (exact) mass is 251 g/mol. The van der Waals surface area contributed by atoms with Gasteiger partial charge in [0.15, 0.2) is 0 Å². The minimum atomic E-state index is 0.733. The van der Waals surface area contributed by atoms with Gasteiger partial charge in [0.2, 0.25) is 0 Å². The maximum absolute atomic E-state index is 4.09. The molecule has 3 nitrogen and oxygen atoms in total. The highest BCUT2D eigenvalue weighted by molar-refractivity contribution is 7.99. The van der Waals surface area contributed by atoms with Gasteiger partial charge in [0, 0.05) is 37.2 Å². The summed E-state index contributed by atoms with van der Waals surface area (Å²) in [5.41, 5.74) is 2.41. The number of anilines is 1. The van der Waals surface area contributed by atoms with E-state index in [0.29, 0.717) is 0 Å². The first-order chi connectivity index (χ1) is 8.36. The third-order valence-electron chi connectivity index (χ3n) is 3.12. The molecule has 0 amide bonds. The zero-order valence-corrected chi connectivity index (χ0v) is 11.2. The van der Waals surface area contributed by atoms with E-state index in [2.05, 4.69) is 34.3 Å². The quantitative estimate of drug-likeness (QED) is 0.787. The van der Waals surface area contributed by atoms with Crippen LogP contribution in [0.5, 0.6) is 0 Å². The van der Waals surface area contributed by atoms with Gasteiger partial charge in [-0.1, -0.05) is 0 Å². The minimum absolute atomic E-state index is 0.733. The Bertz CT molecular complexity index is 337. The van der Waals surface area contributed by atoms with Crippen molar-refractivity contribution in [2.45, 2.75) is 25.8 Å². The molecule has 0 saturated carbocycles. The van der Waals surface area contributed by atoms with Crippen molar-refractivity contribution >= 4 is 17.4 Å². The van der Waals surface area contributed by atoms with Crippen LogP contribution in [-0.4, -0.2) is 35.6 Å². The Morgan fingerprint density at radius 1 is 1.35 bits per heavy atom. The van der Waals surface area contributed by atoms with Crippen molar-refractivity contribution < 1.29 is 0 Å². The molecule has 1 saturated heterocycles. The summed E-state index contributed by atoms with van der Waals surface area (Å²) in [4.78, 5) is 4.09. The number of aromatic nitrogens is 1. The summed E-state index contributed by atoms with van der Waals surface area (Å²) in [6, 6.07) is 2.77. The van der Waals surface area contributed by atoms with E-state index in [4.69, 9.17) is 0 Å². The molecule has 94 valence electrons. The van der Waals surface area contributed by atoms with Crippen molar-refractivity contribution in [2.75, 3.05) is 29.9 Å². The first-order valence-corrected chi connectivity index (χ1v) is 7.47. The van der Waals surface area contributed by atoms with Gasteiger partial charge in [-0.15, -0.1) is 0 Å². The number of hydrogen-bond donors (Lipinski definition) is 2. The molecule has 0 aromatic carbocycles. The van der Waals surface area contributed by atoms with Gasteiger partial charge in [-0.05, 0) is 42.9 Å². The van der Waals surface area contributed by atoms with Crippen LogP contribution in [0.2, 0.25) is 0 Å². The summed E-state index contributed by atoms with van der Waals surface area (Å²) in [6.45, 7) is 4.10. The molecule has 17 heavy (non-hydrogen) atoms. The normalized spacial score (nSPS) is 17.0. The Balaban J connectivity index is 1.64. The number of aryl methyl sites for hydroxylation is 1. The Morgan fingerprint density at radius 2 is 2.18 bits per heavy atom. The highest BCUT2D eigenvalue weighted by Crippen LogP contribution is 2.16. The summed E-state index contributed by atoms with van der Waals surface area (Å²) < 4.78 is 0. The van der Waals surface area contributed by atoms with Gasteiger partial charge in [-0.2, -0.15) is 11.8 Å². The molecule has 0 radical (unpaired) electrons. The van der Waals surface area contributed by atoms with E-state index >= 15 is 0 Å². The van der Waals surface area contributed by atoms with Crippen molar-refractivity contribution in [3.8, 4) is 0 Å². The third-order valence-corrected chi connectivity index (χ3v) is 4.16. The van der Waals surface area contributed by atoms with E-state index in [0.717, 1.165) is 19.1 Å². The van der Waals surface area contributed by atoms with Crippen LogP contribution in [0, 0.1) is 6.92 Å². The second kappa shape index (κ2) is 6.87. The second-order valence-electron chi connectivity index (χ2n) is 4.46. The molecule has 1 aromatic rings. The standard InChI is InChI=1S/C13H21N3S/c1-11-10-14-5-2-13(11)16-7-6-15-12-3-8-17-9-4-12/h2,5,10,12,15H,3-4,6-9H2,1H3,(H,14,16). The van der Waals surface area contributed by atoms with E-state index in [1.165, 1.54) is 35.6 Å². The number of hydrogen-bond acceptors (Lipinski definition) is 4. The van der Waals surface area contributed by atoms with Crippen LogP contribution in [-0.2, 0) is 0 Å². The van der Waals surface area contributed by atoms with Gasteiger partial charge >= 0.3 is 0 Å². The van der Waals surface area contributed by atoms with E-state index in [9.17, 15) is 0 Å². The van der Waals surface area contributed by atoms with E-state index in [1.807, 2.05) is 18.5 Å². The molecule has 4 heteroatoms. The summed E-state index contributed by atoms with van der Waals surface area (Å²) in [7, 11) is 0. The van der Waals surface area contributed by atoms with Crippen LogP contribution in [0.25, 0.3) is 0 Å². The topological polar surface area (TPSA) is 37.0 Å². The summed E-state index contributed by atoms with van der Waals surface area (Å²) >= 11 is 2.07. The van der Waals surface area contributed by atoms with Crippen LogP contribution in [0.15, 0.2) is 18.5 Å². The summed E-state index contributed by atoms with van der Waals surface area (Å²) in [5, 5.41) is 7.06. The largest absolute Gasteiger partial charge is 0.383 e. The Morgan fingerprint density at radius 3 is 2.94 bits per heavy atom. The average Bonchev–Trinajstić information content (AvgIpc) is 2.38. The Kier molecular flexibility index (Phi) is 5.13. The molecule has 0 bridgehead atoms. The Hall–Kier alpha value is -0.740. The minimum Gasteiger partial charge on any atom is -0.383 e. The number of nitrogens with zero attached hydrogens (tertiary/aromatic N) is 1. The number of pyridine rings is 1. The molecule has 2 rings (SSSR count). The second-order valence-corrected chi connectivity index (χ2v) is 5.68. The van der Waals surface area contributed by atoms with Crippen molar-refractivity contribution in [3.05, 3.63) is 24.0 Å². The molecule has 0 unspecified atom stereocenters. The molecule has 1 aliphatic heterocycles. The van der Waals surface area contributed by atoms with E-state index in [-0.39, 0.29) is 0 Å². The highest BCUT2D eigenvalue weighted by atomic mass is 32.2. The molecule has 0 spiro atoms. The van der Waals surface area contributed by atoms with Crippen LogP contribution < -0.4 is 10.6 Å². The van der Waals surface area contributed by atoms with Crippen LogP contribution in [0.1, 0.15) is 18.4 Å². The number of rotatable bonds is 5. The lowest BCUT2D eigenvalue weighted by Crippen LogP contribution is -2.35. The lowest BCUT2D eigenvalue weighted by Gasteiger charge is -2.22. The molecule has 2 N–H and O–H groups in total. The van der Waals surface area contributed by atoms with Crippen LogP contribution >= 0.6 is 11.8 Å². The summed E-state index contributed by atoms with van der Waals surface area (Å²) in [5.74, 6) is 2.63. The van der Waals surface area contributed by atoms with Crippen LogP contribution in [0.4, 0.5) is 5.69 Å². The number of nitrogens with one attached hydrogen (secondary N) is 2. The van der Waals surface area contributed by atoms with Gasteiger partial charge in [0.25, 0.3) is 0 Å². The van der Waals surface area contributed by atoms with Gasteiger partial charge in [-0.25, -0.2) is 0 Å². The molecule has 0 atom stereocenters.